The van der Waals surface area contributed by atoms with Gasteiger partial charge in [-0.2, -0.15) is 0 Å². The van der Waals surface area contributed by atoms with Gasteiger partial charge in [-0.1, -0.05) is 0 Å². The molecule has 16 heterocycles. The zero-order chi connectivity index (χ0) is 87.9. The molecule has 0 spiro atoms. The van der Waals surface area contributed by atoms with Crippen LogP contribution < -0.4 is 0 Å². The molecule has 0 bridgehead atoms. The van der Waals surface area contributed by atoms with Crippen LogP contribution in [0.25, 0.3) is 319 Å². The van der Waals surface area contributed by atoms with Crippen LogP contribution in [0.1, 0.15) is 0 Å². The molecule has 136 heavy (non-hydrogen) atoms. The van der Waals surface area contributed by atoms with E-state index in [1.54, 1.807) is 68.2 Å². The van der Waals surface area contributed by atoms with Crippen LogP contribution in [0.4, 0.5) is 0 Å². The van der Waals surface area contributed by atoms with Crippen LogP contribution >= 0.6 is 45.3 Å². The fourth-order valence-electron chi connectivity index (χ4n) is 21.8. The quantitative estimate of drug-likeness (QED) is 0.133. The second-order valence-electron chi connectivity index (χ2n) is 36.2. The van der Waals surface area contributed by atoms with E-state index in [0.29, 0.717) is 174 Å². The SMILES string of the molecule is c1cc2cc3cc4[se]c5cc6c(cc5c4cc3cc2[se]1)[se]c1cc2cc3cc[se]c3cc2cc16.c1cc2cc3cc4[se]c5cc6c(cc5c4cc3cc2s1)[se]c1cc2cc3ccsc3cc2cc16.c1cc2cc3cc4c(cc3cc2[se]1)[se]c1cc2c(cc14)[se]c1cc3cc4[se]ccc4cc3cc12.c1cc2cc3cc4c(cc3cc2s1)[se]c1cc2c(cc14)[se]c1cc3cc4sccc4cc3cc12. The maximum atomic E-state index is 2.56. The summed E-state index contributed by atoms with van der Waals surface area (Å²) in [4.78, 5) is 9.39. The molecule has 0 aliphatic carbocycles. The summed E-state index contributed by atoms with van der Waals surface area (Å²) in [6, 6.07) is 117. The van der Waals surface area contributed by atoms with Crippen molar-refractivity contribution in [2.24, 2.45) is 0 Å². The predicted molar refractivity (Wildman–Crippen MR) is 621 cm³/mol. The van der Waals surface area contributed by atoms with Gasteiger partial charge >= 0.3 is 871 Å². The molecule has 0 saturated carbocycles. The second kappa shape index (κ2) is 30.5. The number of rotatable bonds is 0. The number of fused-ring (bicyclic) bond motifs is 40. The van der Waals surface area contributed by atoms with Crippen molar-refractivity contribution in [3.63, 3.8) is 0 Å². The molecule has 36 rings (SSSR count). The molecule has 0 atom stereocenters. The van der Waals surface area contributed by atoms with Gasteiger partial charge in [0.15, 0.2) is 0 Å². The Hall–Kier alpha value is -8.49. The van der Waals surface area contributed by atoms with Crippen molar-refractivity contribution in [1.82, 2.24) is 0 Å². The molecule has 0 saturated heterocycles. The Morgan fingerprint density at radius 3 is 0.456 bits per heavy atom. The summed E-state index contributed by atoms with van der Waals surface area (Å²) in [6.07, 6.45) is 0. The Balaban J connectivity index is 0.0000000814. The van der Waals surface area contributed by atoms with Crippen LogP contribution in [0, 0.1) is 0 Å². The van der Waals surface area contributed by atoms with Crippen molar-refractivity contribution in [3.05, 3.63) is 332 Å². The van der Waals surface area contributed by atoms with Gasteiger partial charge in [0, 0.05) is 0 Å². The molecular formula is C120H56S4Se12. The van der Waals surface area contributed by atoms with E-state index in [1.165, 1.54) is 251 Å². The fraction of sp³-hybridized carbons (Fsp3) is 0. The number of thiophene rings is 4. The van der Waals surface area contributed by atoms with Gasteiger partial charge in [0.05, 0.1) is 0 Å². The summed E-state index contributed by atoms with van der Waals surface area (Å²) >= 11 is 12.4. The molecule has 0 aliphatic heterocycles. The average molecular weight is 2570 g/mol. The van der Waals surface area contributed by atoms with Crippen molar-refractivity contribution < 1.29 is 0 Å². The molecule has 0 unspecified atom stereocenters. The molecule has 632 valence electrons. The van der Waals surface area contributed by atoms with E-state index in [4.69, 9.17) is 0 Å². The first-order valence-electron chi connectivity index (χ1n) is 44.9. The monoisotopic (exact) mass is 2580 g/mol. The van der Waals surface area contributed by atoms with Gasteiger partial charge in [-0.15, -0.1) is 0 Å². The molecule has 0 fully saturated rings. The summed E-state index contributed by atoms with van der Waals surface area (Å²) in [5.74, 6) is 0. The van der Waals surface area contributed by atoms with Crippen molar-refractivity contribution in [3.8, 4) is 0 Å². The van der Waals surface area contributed by atoms with Gasteiger partial charge in [-0.05, 0) is 0 Å². The van der Waals surface area contributed by atoms with Crippen LogP contribution in [-0.4, -0.2) is 174 Å². The van der Waals surface area contributed by atoms with E-state index < -0.39 is 0 Å². The van der Waals surface area contributed by atoms with Crippen LogP contribution in [0.5, 0.6) is 0 Å². The normalized spacial score (nSPS) is 12.7. The van der Waals surface area contributed by atoms with Crippen molar-refractivity contribution in [1.29, 1.82) is 0 Å². The first-order chi connectivity index (χ1) is 67.1. The van der Waals surface area contributed by atoms with Crippen molar-refractivity contribution >= 4 is 539 Å². The Bertz CT molecular complexity index is 9810. The number of hydrogen-bond donors (Lipinski definition) is 0. The van der Waals surface area contributed by atoms with E-state index in [2.05, 4.69) is 332 Å². The first-order valence-corrected chi connectivity index (χ1v) is 69.5. The van der Waals surface area contributed by atoms with Gasteiger partial charge in [0.1, 0.15) is 0 Å². The molecular weight excluding hydrogens is 2520 g/mol. The Labute approximate surface area is 859 Å². The van der Waals surface area contributed by atoms with Crippen LogP contribution in [-0.2, 0) is 0 Å². The molecule has 16 heteroatoms. The number of hydrogen-bond acceptors (Lipinski definition) is 4. The van der Waals surface area contributed by atoms with Crippen LogP contribution in [0.2, 0.25) is 0 Å². The third kappa shape index (κ3) is 12.7. The Kier molecular flexibility index (Phi) is 18.0. The summed E-state index contributed by atoms with van der Waals surface area (Å²) < 4.78 is 36.6. The van der Waals surface area contributed by atoms with Gasteiger partial charge in [-0.25, -0.2) is 0 Å². The van der Waals surface area contributed by atoms with Crippen molar-refractivity contribution in [2.75, 3.05) is 0 Å². The third-order valence-corrected chi connectivity index (χ3v) is 58.1. The zero-order valence-electron chi connectivity index (χ0n) is 70.9. The summed E-state index contributed by atoms with van der Waals surface area (Å²) in [5, 5.41) is 66.1. The Morgan fingerprint density at radius 2 is 0.250 bits per heavy atom. The molecule has 0 nitrogen and oxygen atoms in total. The standard InChI is InChI=1S/2C30H14S2Se2.2C30H14Se4/c1-3-31-25-9-19-7-21-23-13-30-24(14-29(23)33-27(21)11-17(19)5-15(1)25)22-8-20-10-26-16(2-4-32-26)6-18(20)12-28(22)34-30;1-3-31-25-9-19-11-27-21(7-17(19)5-15(1)25)23-13-30-24(14-29(23)33-27)22-8-18-6-16-2-4-32-26(16)10-20(18)12-28(22)34-30;1-3-31-25-9-19-7-21-23-13-30-24(14-29(23)33-27(21)11-17(19)5-15(1)25)22-8-20-10-26-16(2-4-32-26)6-18(20)12-28(22)34-30;1-3-31-25-9-19-11-27-21(7-17(19)5-15(1)25)23-13-30-24(14-29(23)33-27)22-8-18-6-16-2-4-32-26(16)10-20(18)12-28(22)34-30/h4*1-14H. The Morgan fingerprint density at radius 1 is 0.110 bits per heavy atom. The topological polar surface area (TPSA) is 0 Å². The summed E-state index contributed by atoms with van der Waals surface area (Å²) in [7, 11) is 0. The second-order valence-corrected chi connectivity index (χ2v) is 66.2. The maximum absolute atomic E-state index is 2.56. The summed E-state index contributed by atoms with van der Waals surface area (Å²) in [6.45, 7) is 0. The van der Waals surface area contributed by atoms with E-state index in [9.17, 15) is 0 Å². The van der Waals surface area contributed by atoms with Crippen molar-refractivity contribution in [2.45, 2.75) is 0 Å². The van der Waals surface area contributed by atoms with Gasteiger partial charge in [0.25, 0.3) is 0 Å². The van der Waals surface area contributed by atoms with E-state index >= 15 is 0 Å². The van der Waals surface area contributed by atoms with Gasteiger partial charge in [-0.3, -0.25) is 0 Å². The average Bonchev–Trinajstić information content (AvgIpc) is 1.58. The first kappa shape index (κ1) is 80.2. The molecule has 0 N–H and O–H groups in total. The minimum absolute atomic E-state index is 0.368. The third-order valence-electron chi connectivity index (χ3n) is 28.5. The van der Waals surface area contributed by atoms with Gasteiger partial charge < -0.3 is 0 Å². The zero-order valence-corrected chi connectivity index (χ0v) is 94.7. The van der Waals surface area contributed by atoms with Crippen LogP contribution in [0.3, 0.4) is 0 Å². The molecule has 36 aromatic rings. The van der Waals surface area contributed by atoms with Gasteiger partial charge in [0.2, 0.25) is 0 Å². The molecule has 0 amide bonds. The van der Waals surface area contributed by atoms with E-state index in [0.717, 1.165) is 0 Å². The molecule has 0 radical (unpaired) electrons. The van der Waals surface area contributed by atoms with E-state index in [1.807, 2.05) is 45.3 Å². The minimum atomic E-state index is 0.368. The molecule has 0 aliphatic rings. The molecule has 16 aromatic heterocycles. The van der Waals surface area contributed by atoms with E-state index in [-0.39, 0.29) is 0 Å². The van der Waals surface area contributed by atoms with Crippen LogP contribution in [0.15, 0.2) is 332 Å². The fourth-order valence-corrected chi connectivity index (χ4v) is 51.4. The summed E-state index contributed by atoms with van der Waals surface area (Å²) in [5.41, 5.74) is 0. The predicted octanol–water partition coefficient (Wildman–Crippen LogP) is 32.6. The molecule has 20 aromatic carbocycles. The number of benzene rings is 20.